The summed E-state index contributed by atoms with van der Waals surface area (Å²) in [6.07, 6.45) is 6.42. The van der Waals surface area contributed by atoms with Gasteiger partial charge in [0.25, 0.3) is 5.91 Å². The molecule has 0 saturated heterocycles. The number of thiazole rings is 1. The van der Waals surface area contributed by atoms with Gasteiger partial charge in [-0.3, -0.25) is 9.78 Å². The molecule has 112 valence electrons. The third kappa shape index (κ3) is 2.67. The Morgan fingerprint density at radius 3 is 2.83 bits per heavy atom. The zero-order chi connectivity index (χ0) is 15.6. The molecule has 3 aromatic heterocycles. The van der Waals surface area contributed by atoms with Crippen molar-refractivity contribution in [1.82, 2.24) is 24.7 Å². The highest BCUT2D eigenvalue weighted by molar-refractivity contribution is 7.12. The average molecular weight is 322 g/mol. The molecular formula is C15H10N6OS. The first-order valence-electron chi connectivity index (χ1n) is 6.77. The number of hydrogen-bond donors (Lipinski definition) is 1. The van der Waals surface area contributed by atoms with Crippen LogP contribution in [-0.4, -0.2) is 30.6 Å². The van der Waals surface area contributed by atoms with E-state index in [0.717, 1.165) is 10.6 Å². The van der Waals surface area contributed by atoms with E-state index in [9.17, 15) is 4.79 Å². The smallest absolute Gasteiger partial charge is 0.275 e. The number of benzene rings is 1. The van der Waals surface area contributed by atoms with Gasteiger partial charge in [-0.25, -0.2) is 14.6 Å². The van der Waals surface area contributed by atoms with Crippen molar-refractivity contribution in [3.8, 4) is 5.13 Å². The number of hydrogen-bond acceptors (Lipinski definition) is 6. The van der Waals surface area contributed by atoms with E-state index in [4.69, 9.17) is 0 Å². The lowest BCUT2D eigenvalue weighted by molar-refractivity contribution is 0.102. The van der Waals surface area contributed by atoms with E-state index in [0.29, 0.717) is 11.2 Å². The molecular weight excluding hydrogens is 312 g/mol. The summed E-state index contributed by atoms with van der Waals surface area (Å²) in [5.41, 5.74) is 2.25. The third-order valence-electron chi connectivity index (χ3n) is 3.14. The van der Waals surface area contributed by atoms with Crippen LogP contribution in [0, 0.1) is 0 Å². The standard InChI is InChI=1S/C15H10N6OS/c22-14(13-8-17-11-3-1-2-4-12(11)20-13)19-10-7-18-21(9-10)15-16-5-6-23-15/h1-9H,(H,19,22). The largest absolute Gasteiger partial charge is 0.318 e. The summed E-state index contributed by atoms with van der Waals surface area (Å²) in [5.74, 6) is -0.332. The van der Waals surface area contributed by atoms with E-state index in [1.165, 1.54) is 17.5 Å². The second-order valence-corrected chi connectivity index (χ2v) is 5.56. The van der Waals surface area contributed by atoms with Gasteiger partial charge in [0, 0.05) is 11.6 Å². The first kappa shape index (κ1) is 13.5. The molecule has 4 rings (SSSR count). The van der Waals surface area contributed by atoms with Gasteiger partial charge in [0.1, 0.15) is 5.69 Å². The Morgan fingerprint density at radius 2 is 2.00 bits per heavy atom. The van der Waals surface area contributed by atoms with Gasteiger partial charge in [0.05, 0.1) is 35.3 Å². The minimum absolute atomic E-state index is 0.255. The van der Waals surface area contributed by atoms with Crippen molar-refractivity contribution in [1.29, 1.82) is 0 Å². The van der Waals surface area contributed by atoms with Gasteiger partial charge in [-0.05, 0) is 12.1 Å². The Bertz CT molecular complexity index is 978. The number of nitrogens with one attached hydrogen (secondary N) is 1. The Kier molecular flexibility index (Phi) is 3.28. The van der Waals surface area contributed by atoms with Crippen molar-refractivity contribution >= 4 is 34.0 Å². The molecule has 1 amide bonds. The van der Waals surface area contributed by atoms with Gasteiger partial charge in [0.2, 0.25) is 5.13 Å². The predicted molar refractivity (Wildman–Crippen MR) is 86.7 cm³/mol. The number of anilines is 1. The highest BCUT2D eigenvalue weighted by Crippen LogP contribution is 2.15. The molecule has 0 saturated carbocycles. The molecule has 0 radical (unpaired) electrons. The zero-order valence-corrected chi connectivity index (χ0v) is 12.6. The number of carbonyl (C=O) groups is 1. The molecule has 1 aromatic carbocycles. The summed E-state index contributed by atoms with van der Waals surface area (Å²) in [7, 11) is 0. The van der Waals surface area contributed by atoms with Gasteiger partial charge in [-0.2, -0.15) is 5.10 Å². The summed E-state index contributed by atoms with van der Waals surface area (Å²) < 4.78 is 1.60. The Morgan fingerprint density at radius 1 is 1.13 bits per heavy atom. The number of aromatic nitrogens is 5. The lowest BCUT2D eigenvalue weighted by Gasteiger charge is -2.02. The van der Waals surface area contributed by atoms with Crippen LogP contribution in [0.25, 0.3) is 16.2 Å². The van der Waals surface area contributed by atoms with E-state index >= 15 is 0 Å². The number of fused-ring (bicyclic) bond motifs is 1. The lowest BCUT2D eigenvalue weighted by atomic mass is 10.3. The van der Waals surface area contributed by atoms with Crippen LogP contribution in [-0.2, 0) is 0 Å². The highest BCUT2D eigenvalue weighted by atomic mass is 32.1. The van der Waals surface area contributed by atoms with Gasteiger partial charge in [0.15, 0.2) is 0 Å². The van der Waals surface area contributed by atoms with E-state index in [1.54, 1.807) is 23.3 Å². The fourth-order valence-electron chi connectivity index (χ4n) is 2.08. The van der Waals surface area contributed by atoms with E-state index in [2.05, 4.69) is 25.4 Å². The number of carbonyl (C=O) groups excluding carboxylic acids is 1. The second-order valence-electron chi connectivity index (χ2n) is 4.69. The number of amides is 1. The van der Waals surface area contributed by atoms with Crippen LogP contribution in [0.15, 0.2) is 54.4 Å². The molecule has 0 bridgehead atoms. The van der Waals surface area contributed by atoms with Crippen molar-refractivity contribution in [3.05, 3.63) is 60.1 Å². The van der Waals surface area contributed by atoms with Crippen LogP contribution >= 0.6 is 11.3 Å². The second kappa shape index (κ2) is 5.58. The van der Waals surface area contributed by atoms with Crippen LogP contribution < -0.4 is 5.32 Å². The van der Waals surface area contributed by atoms with E-state index in [-0.39, 0.29) is 11.6 Å². The van der Waals surface area contributed by atoms with Crippen LogP contribution in [0.1, 0.15) is 10.5 Å². The zero-order valence-electron chi connectivity index (χ0n) is 11.7. The molecule has 0 spiro atoms. The maximum absolute atomic E-state index is 12.3. The fourth-order valence-corrected chi connectivity index (χ4v) is 2.66. The van der Waals surface area contributed by atoms with Crippen LogP contribution in [0.5, 0.6) is 0 Å². The van der Waals surface area contributed by atoms with E-state index in [1.807, 2.05) is 29.6 Å². The number of nitrogens with zero attached hydrogens (tertiary/aromatic N) is 5. The van der Waals surface area contributed by atoms with Crippen LogP contribution in [0.3, 0.4) is 0 Å². The molecule has 7 nitrogen and oxygen atoms in total. The number of rotatable bonds is 3. The summed E-state index contributed by atoms with van der Waals surface area (Å²) in [6, 6.07) is 7.40. The summed E-state index contributed by atoms with van der Waals surface area (Å²) in [5, 5.41) is 9.52. The van der Waals surface area contributed by atoms with Gasteiger partial charge in [-0.15, -0.1) is 11.3 Å². The predicted octanol–water partition coefficient (Wildman–Crippen LogP) is 2.52. The molecule has 3 heterocycles. The molecule has 0 aliphatic heterocycles. The number of para-hydroxylation sites is 2. The van der Waals surface area contributed by atoms with Crippen molar-refractivity contribution in [2.45, 2.75) is 0 Å². The van der Waals surface area contributed by atoms with Crippen molar-refractivity contribution in [2.24, 2.45) is 0 Å². The molecule has 0 atom stereocenters. The maximum atomic E-state index is 12.3. The quantitative estimate of drug-likeness (QED) is 0.626. The maximum Gasteiger partial charge on any atom is 0.275 e. The normalized spacial score (nSPS) is 10.8. The first-order chi connectivity index (χ1) is 11.3. The molecule has 4 aromatic rings. The van der Waals surface area contributed by atoms with Gasteiger partial charge < -0.3 is 5.32 Å². The highest BCUT2D eigenvalue weighted by Gasteiger charge is 2.11. The Balaban J connectivity index is 1.57. The van der Waals surface area contributed by atoms with Gasteiger partial charge in [-0.1, -0.05) is 12.1 Å². The molecule has 1 N–H and O–H groups in total. The van der Waals surface area contributed by atoms with Crippen molar-refractivity contribution in [3.63, 3.8) is 0 Å². The Hall–Kier alpha value is -3.13. The lowest BCUT2D eigenvalue weighted by Crippen LogP contribution is -2.13. The monoisotopic (exact) mass is 322 g/mol. The third-order valence-corrected chi connectivity index (χ3v) is 3.90. The van der Waals surface area contributed by atoms with Crippen LogP contribution in [0.4, 0.5) is 5.69 Å². The summed E-state index contributed by atoms with van der Waals surface area (Å²) in [6.45, 7) is 0. The summed E-state index contributed by atoms with van der Waals surface area (Å²) in [4.78, 5) is 25.0. The fraction of sp³-hybridized carbons (Fsp3) is 0. The molecule has 8 heteroatoms. The minimum Gasteiger partial charge on any atom is -0.318 e. The minimum atomic E-state index is -0.332. The van der Waals surface area contributed by atoms with Gasteiger partial charge >= 0.3 is 0 Å². The van der Waals surface area contributed by atoms with E-state index < -0.39 is 0 Å². The molecule has 0 unspecified atom stereocenters. The average Bonchev–Trinajstić information content (AvgIpc) is 3.25. The summed E-state index contributed by atoms with van der Waals surface area (Å²) >= 11 is 1.46. The SMILES string of the molecule is O=C(Nc1cnn(-c2nccs2)c1)c1cnc2ccccc2n1. The molecule has 0 aliphatic rings. The topological polar surface area (TPSA) is 85.6 Å². The molecule has 0 fully saturated rings. The van der Waals surface area contributed by atoms with Crippen molar-refractivity contribution in [2.75, 3.05) is 5.32 Å². The Labute approximate surface area is 134 Å². The molecule has 0 aliphatic carbocycles. The van der Waals surface area contributed by atoms with Crippen LogP contribution in [0.2, 0.25) is 0 Å². The first-order valence-corrected chi connectivity index (χ1v) is 7.65. The molecule has 23 heavy (non-hydrogen) atoms. The van der Waals surface area contributed by atoms with Crippen molar-refractivity contribution < 1.29 is 4.79 Å².